The molecule has 1 aliphatic heterocycles. The third-order valence-electron chi connectivity index (χ3n) is 3.85. The van der Waals surface area contributed by atoms with Crippen LogP contribution in [0.5, 0.6) is 5.75 Å². The molecular formula is C15H23N3O2. The van der Waals surface area contributed by atoms with Crippen molar-refractivity contribution < 1.29 is 9.53 Å². The van der Waals surface area contributed by atoms with E-state index in [1.165, 1.54) is 7.11 Å². The molecule has 1 heterocycles. The first-order valence-electron chi connectivity index (χ1n) is 6.89. The lowest BCUT2D eigenvalue weighted by atomic mass is 10.1. The monoisotopic (exact) mass is 277 g/mol. The van der Waals surface area contributed by atoms with Crippen LogP contribution in [0, 0.1) is 5.92 Å². The summed E-state index contributed by atoms with van der Waals surface area (Å²) in [6, 6.07) is 5.28. The number of likely N-dealkylation sites (tertiary alicyclic amines) is 1. The molecule has 0 radical (unpaired) electrons. The predicted octanol–water partition coefficient (Wildman–Crippen LogP) is 1.30. The second-order valence-electron chi connectivity index (χ2n) is 5.53. The first-order valence-corrected chi connectivity index (χ1v) is 6.89. The van der Waals surface area contributed by atoms with Crippen LogP contribution in [0.2, 0.25) is 0 Å². The molecule has 0 bridgehead atoms. The number of methoxy groups -OCH3 is 1. The molecule has 5 heteroatoms. The molecule has 0 spiro atoms. The first kappa shape index (κ1) is 14.7. The van der Waals surface area contributed by atoms with Crippen molar-refractivity contribution in [1.82, 2.24) is 9.80 Å². The minimum atomic E-state index is -0.0382. The van der Waals surface area contributed by atoms with E-state index in [1.54, 1.807) is 23.1 Å². The Labute approximate surface area is 120 Å². The second-order valence-corrected chi connectivity index (χ2v) is 5.53. The van der Waals surface area contributed by atoms with Gasteiger partial charge in [0.1, 0.15) is 0 Å². The van der Waals surface area contributed by atoms with Crippen LogP contribution in [-0.2, 0) is 0 Å². The van der Waals surface area contributed by atoms with E-state index in [4.69, 9.17) is 10.5 Å². The van der Waals surface area contributed by atoms with Crippen LogP contribution in [0.3, 0.4) is 0 Å². The lowest BCUT2D eigenvalue weighted by Gasteiger charge is -2.22. The molecule has 1 saturated heterocycles. The average Bonchev–Trinajstić information content (AvgIpc) is 2.82. The number of hydrogen-bond donors (Lipinski definition) is 1. The van der Waals surface area contributed by atoms with Gasteiger partial charge in [-0.05, 0) is 38.1 Å². The zero-order valence-corrected chi connectivity index (χ0v) is 12.4. The largest absolute Gasteiger partial charge is 0.494 e. The Hall–Kier alpha value is -1.75. The SMILES string of the molecule is COc1c(N)cccc1C(=O)N(C)CC1CCN(C)C1. The number of nitrogens with zero attached hydrogens (tertiary/aromatic N) is 2. The Morgan fingerprint density at radius 1 is 1.55 bits per heavy atom. The van der Waals surface area contributed by atoms with Gasteiger partial charge in [-0.25, -0.2) is 0 Å². The highest BCUT2D eigenvalue weighted by atomic mass is 16.5. The maximum atomic E-state index is 12.5. The number of amides is 1. The summed E-state index contributed by atoms with van der Waals surface area (Å²) < 4.78 is 5.25. The minimum absolute atomic E-state index is 0.0382. The second kappa shape index (κ2) is 6.13. The topological polar surface area (TPSA) is 58.8 Å². The Morgan fingerprint density at radius 3 is 2.90 bits per heavy atom. The summed E-state index contributed by atoms with van der Waals surface area (Å²) in [7, 11) is 5.49. The van der Waals surface area contributed by atoms with Gasteiger partial charge in [0.05, 0.1) is 18.4 Å². The van der Waals surface area contributed by atoms with E-state index >= 15 is 0 Å². The maximum absolute atomic E-state index is 12.5. The van der Waals surface area contributed by atoms with Crippen LogP contribution < -0.4 is 10.5 Å². The third kappa shape index (κ3) is 3.04. The van der Waals surface area contributed by atoms with Crippen molar-refractivity contribution in [3.8, 4) is 5.75 Å². The molecule has 20 heavy (non-hydrogen) atoms. The van der Waals surface area contributed by atoms with Gasteiger partial charge in [0.2, 0.25) is 0 Å². The fourth-order valence-electron chi connectivity index (χ4n) is 2.80. The summed E-state index contributed by atoms with van der Waals surface area (Å²) in [6.45, 7) is 2.92. The number of anilines is 1. The van der Waals surface area contributed by atoms with E-state index in [-0.39, 0.29) is 5.91 Å². The summed E-state index contributed by atoms with van der Waals surface area (Å²) in [5, 5.41) is 0. The fourth-order valence-corrected chi connectivity index (χ4v) is 2.80. The van der Waals surface area contributed by atoms with E-state index in [2.05, 4.69) is 11.9 Å². The standard InChI is InChI=1S/C15H23N3O2/c1-17-8-7-11(9-17)10-18(2)15(19)12-5-4-6-13(16)14(12)20-3/h4-6,11H,7-10,16H2,1-3H3. The lowest BCUT2D eigenvalue weighted by molar-refractivity contribution is 0.0771. The molecule has 1 atom stereocenters. The Bertz CT molecular complexity index is 490. The van der Waals surface area contributed by atoms with Crippen molar-refractivity contribution in [2.75, 3.05) is 46.6 Å². The van der Waals surface area contributed by atoms with Gasteiger partial charge in [0.15, 0.2) is 5.75 Å². The van der Waals surface area contributed by atoms with E-state index in [0.29, 0.717) is 22.9 Å². The zero-order valence-electron chi connectivity index (χ0n) is 12.4. The van der Waals surface area contributed by atoms with Gasteiger partial charge in [-0.15, -0.1) is 0 Å². The number of nitrogen functional groups attached to an aromatic ring is 1. The normalized spacial score (nSPS) is 19.1. The Balaban J connectivity index is 2.09. The van der Waals surface area contributed by atoms with E-state index in [1.807, 2.05) is 7.05 Å². The Kier molecular flexibility index (Phi) is 4.49. The van der Waals surface area contributed by atoms with Gasteiger partial charge in [0, 0.05) is 20.1 Å². The van der Waals surface area contributed by atoms with Gasteiger partial charge in [-0.2, -0.15) is 0 Å². The molecule has 0 aliphatic carbocycles. The molecule has 0 saturated carbocycles. The highest BCUT2D eigenvalue weighted by molar-refractivity contribution is 5.98. The number of carbonyl (C=O) groups excluding carboxylic acids is 1. The Morgan fingerprint density at radius 2 is 2.30 bits per heavy atom. The number of ether oxygens (including phenoxy) is 1. The van der Waals surface area contributed by atoms with Crippen molar-refractivity contribution in [3.05, 3.63) is 23.8 Å². The van der Waals surface area contributed by atoms with Crippen LogP contribution in [0.15, 0.2) is 18.2 Å². The molecule has 1 aromatic carbocycles. The van der Waals surface area contributed by atoms with Gasteiger partial charge in [-0.1, -0.05) is 6.07 Å². The molecule has 1 amide bonds. The molecule has 1 fully saturated rings. The van der Waals surface area contributed by atoms with E-state index in [9.17, 15) is 4.79 Å². The fraction of sp³-hybridized carbons (Fsp3) is 0.533. The lowest BCUT2D eigenvalue weighted by Crippen LogP contribution is -2.33. The maximum Gasteiger partial charge on any atom is 0.257 e. The third-order valence-corrected chi connectivity index (χ3v) is 3.85. The molecule has 5 nitrogen and oxygen atoms in total. The van der Waals surface area contributed by atoms with Gasteiger partial charge < -0.3 is 20.3 Å². The number of benzene rings is 1. The summed E-state index contributed by atoms with van der Waals surface area (Å²) in [4.78, 5) is 16.6. The van der Waals surface area contributed by atoms with E-state index in [0.717, 1.165) is 26.1 Å². The minimum Gasteiger partial charge on any atom is -0.494 e. The van der Waals surface area contributed by atoms with Crippen molar-refractivity contribution >= 4 is 11.6 Å². The number of carbonyl (C=O) groups is 1. The van der Waals surface area contributed by atoms with Crippen LogP contribution in [0.1, 0.15) is 16.8 Å². The van der Waals surface area contributed by atoms with Crippen molar-refractivity contribution in [1.29, 1.82) is 0 Å². The number of para-hydroxylation sites is 1. The van der Waals surface area contributed by atoms with Gasteiger partial charge >= 0.3 is 0 Å². The number of nitrogens with two attached hydrogens (primary N) is 1. The van der Waals surface area contributed by atoms with Gasteiger partial charge in [-0.3, -0.25) is 4.79 Å². The predicted molar refractivity (Wildman–Crippen MR) is 80.0 cm³/mol. The number of hydrogen-bond acceptors (Lipinski definition) is 4. The summed E-state index contributed by atoms with van der Waals surface area (Å²) in [5.74, 6) is 0.970. The molecule has 0 aromatic heterocycles. The molecule has 1 aliphatic rings. The molecule has 1 aromatic rings. The highest BCUT2D eigenvalue weighted by Crippen LogP contribution is 2.27. The molecule has 1 unspecified atom stereocenters. The van der Waals surface area contributed by atoms with Crippen molar-refractivity contribution in [3.63, 3.8) is 0 Å². The highest BCUT2D eigenvalue weighted by Gasteiger charge is 2.24. The van der Waals surface area contributed by atoms with Crippen LogP contribution >= 0.6 is 0 Å². The van der Waals surface area contributed by atoms with E-state index < -0.39 is 0 Å². The average molecular weight is 277 g/mol. The molecule has 110 valence electrons. The van der Waals surface area contributed by atoms with Crippen LogP contribution in [0.25, 0.3) is 0 Å². The summed E-state index contributed by atoms with van der Waals surface area (Å²) in [5.41, 5.74) is 6.87. The van der Waals surface area contributed by atoms with Crippen LogP contribution in [-0.4, -0.2) is 56.5 Å². The van der Waals surface area contributed by atoms with Gasteiger partial charge in [0.25, 0.3) is 5.91 Å². The smallest absolute Gasteiger partial charge is 0.257 e. The quantitative estimate of drug-likeness (QED) is 0.843. The summed E-state index contributed by atoms with van der Waals surface area (Å²) in [6.07, 6.45) is 1.14. The molecular weight excluding hydrogens is 254 g/mol. The summed E-state index contributed by atoms with van der Waals surface area (Å²) >= 11 is 0. The number of rotatable bonds is 4. The zero-order chi connectivity index (χ0) is 14.7. The van der Waals surface area contributed by atoms with Crippen molar-refractivity contribution in [2.24, 2.45) is 5.92 Å². The first-order chi connectivity index (χ1) is 9.52. The van der Waals surface area contributed by atoms with Crippen molar-refractivity contribution in [2.45, 2.75) is 6.42 Å². The van der Waals surface area contributed by atoms with Crippen LogP contribution in [0.4, 0.5) is 5.69 Å². The molecule has 2 rings (SSSR count). The molecule has 2 N–H and O–H groups in total.